The van der Waals surface area contributed by atoms with Gasteiger partial charge in [-0.2, -0.15) is 0 Å². The highest BCUT2D eigenvalue weighted by Crippen LogP contribution is 2.24. The van der Waals surface area contributed by atoms with Gasteiger partial charge < -0.3 is 19.6 Å². The van der Waals surface area contributed by atoms with E-state index in [0.717, 1.165) is 44.1 Å². The molecule has 0 saturated carbocycles. The minimum atomic E-state index is 0.00393. The van der Waals surface area contributed by atoms with E-state index in [1.54, 1.807) is 12.1 Å². The molecule has 7 heteroatoms. The number of aromatic nitrogens is 1. The van der Waals surface area contributed by atoms with Crippen molar-refractivity contribution in [3.8, 4) is 0 Å². The van der Waals surface area contributed by atoms with E-state index in [9.17, 15) is 4.79 Å². The second-order valence-corrected chi connectivity index (χ2v) is 7.33. The van der Waals surface area contributed by atoms with Gasteiger partial charge in [0.25, 0.3) is 0 Å². The number of ether oxygens (including phenoxy) is 1. The van der Waals surface area contributed by atoms with Gasteiger partial charge in [0, 0.05) is 63.3 Å². The van der Waals surface area contributed by atoms with Crippen LogP contribution in [0.5, 0.6) is 0 Å². The number of fused-ring (bicyclic) bond motifs is 1. The van der Waals surface area contributed by atoms with Crippen LogP contribution >= 0.6 is 0 Å². The Morgan fingerprint density at radius 1 is 1.32 bits per heavy atom. The Labute approximate surface area is 166 Å². The lowest BCUT2D eigenvalue weighted by Gasteiger charge is -2.26. The van der Waals surface area contributed by atoms with Gasteiger partial charge in [0.1, 0.15) is 0 Å². The molecule has 2 heterocycles. The standard InChI is InChI=1S/C21H31N5O2/c1-16-14-18-15-17(4-5-19(18)24(16)2)20(25(3)22)6-7-21(27)23-8-9-26-10-12-28-13-11-26/h4-6,14-15H,7-13,22H2,1-3H3,(H,23,27)/b20-6-. The fourth-order valence-corrected chi connectivity index (χ4v) is 3.55. The van der Waals surface area contributed by atoms with Crippen molar-refractivity contribution >= 4 is 22.5 Å². The number of hydrazine groups is 1. The SMILES string of the molecule is Cc1cc2cc(/C(=C/CC(=O)NCCN3CCOCC3)N(C)N)ccc2n1C. The molecule has 2 aromatic rings. The van der Waals surface area contributed by atoms with Crippen LogP contribution in [0, 0.1) is 6.92 Å². The first-order valence-corrected chi connectivity index (χ1v) is 9.77. The Morgan fingerprint density at radius 3 is 2.79 bits per heavy atom. The zero-order valence-corrected chi connectivity index (χ0v) is 17.1. The molecule has 1 aromatic heterocycles. The quantitative estimate of drug-likeness (QED) is 0.558. The number of carbonyl (C=O) groups excluding carboxylic acids is 1. The van der Waals surface area contributed by atoms with Crippen molar-refractivity contribution in [2.75, 3.05) is 46.4 Å². The van der Waals surface area contributed by atoms with Crippen molar-refractivity contribution in [2.45, 2.75) is 13.3 Å². The van der Waals surface area contributed by atoms with E-state index in [2.05, 4.69) is 47.0 Å². The molecular weight excluding hydrogens is 354 g/mol. The summed E-state index contributed by atoms with van der Waals surface area (Å²) in [6.45, 7) is 7.00. The van der Waals surface area contributed by atoms with Crippen LogP contribution in [0.4, 0.5) is 0 Å². The van der Waals surface area contributed by atoms with Gasteiger partial charge in [-0.1, -0.05) is 6.07 Å². The molecule has 0 aliphatic carbocycles. The molecule has 152 valence electrons. The molecule has 0 atom stereocenters. The van der Waals surface area contributed by atoms with E-state index in [4.69, 9.17) is 10.6 Å². The van der Waals surface area contributed by atoms with Crippen molar-refractivity contribution in [3.05, 3.63) is 41.6 Å². The number of amides is 1. The van der Waals surface area contributed by atoms with E-state index in [1.165, 1.54) is 16.6 Å². The number of hydrogen-bond acceptors (Lipinski definition) is 5. The zero-order chi connectivity index (χ0) is 20.1. The van der Waals surface area contributed by atoms with Crippen LogP contribution in [0.15, 0.2) is 30.3 Å². The summed E-state index contributed by atoms with van der Waals surface area (Å²) < 4.78 is 7.50. The summed E-state index contributed by atoms with van der Waals surface area (Å²) in [5.41, 5.74) is 4.23. The summed E-state index contributed by atoms with van der Waals surface area (Å²) in [5, 5.41) is 5.72. The maximum Gasteiger partial charge on any atom is 0.223 e. The number of nitrogens with zero attached hydrogens (tertiary/aromatic N) is 3. The highest BCUT2D eigenvalue weighted by Gasteiger charge is 2.11. The molecule has 0 bridgehead atoms. The van der Waals surface area contributed by atoms with E-state index < -0.39 is 0 Å². The Morgan fingerprint density at radius 2 is 2.07 bits per heavy atom. The summed E-state index contributed by atoms with van der Waals surface area (Å²) in [6.07, 6.45) is 2.19. The number of aryl methyl sites for hydroxylation is 2. The van der Waals surface area contributed by atoms with Gasteiger partial charge in [-0.15, -0.1) is 0 Å². The minimum absolute atomic E-state index is 0.00393. The first kappa shape index (κ1) is 20.4. The molecule has 7 nitrogen and oxygen atoms in total. The van der Waals surface area contributed by atoms with Gasteiger partial charge in [0.15, 0.2) is 0 Å². The lowest BCUT2D eigenvalue weighted by molar-refractivity contribution is -0.120. The topological polar surface area (TPSA) is 75.8 Å². The molecule has 1 fully saturated rings. The predicted octanol–water partition coefficient (Wildman–Crippen LogP) is 1.47. The van der Waals surface area contributed by atoms with Crippen LogP contribution in [0.1, 0.15) is 17.7 Å². The molecule has 0 radical (unpaired) electrons. The highest BCUT2D eigenvalue weighted by atomic mass is 16.5. The number of carbonyl (C=O) groups is 1. The van der Waals surface area contributed by atoms with Crippen LogP contribution in [0.3, 0.4) is 0 Å². The lowest BCUT2D eigenvalue weighted by Crippen LogP contribution is -2.41. The number of benzene rings is 1. The van der Waals surface area contributed by atoms with E-state index >= 15 is 0 Å². The number of nitrogens with one attached hydrogen (secondary N) is 1. The lowest BCUT2D eigenvalue weighted by atomic mass is 10.1. The maximum absolute atomic E-state index is 12.2. The molecule has 3 N–H and O–H groups in total. The molecule has 1 aliphatic heterocycles. The minimum Gasteiger partial charge on any atom is -0.379 e. The molecule has 1 aliphatic rings. The fraction of sp³-hybridized carbons (Fsp3) is 0.476. The Bertz CT molecular complexity index is 850. The van der Waals surface area contributed by atoms with Crippen molar-refractivity contribution < 1.29 is 9.53 Å². The smallest absolute Gasteiger partial charge is 0.223 e. The van der Waals surface area contributed by atoms with Crippen LogP contribution in [-0.4, -0.2) is 66.8 Å². The molecule has 28 heavy (non-hydrogen) atoms. The van der Waals surface area contributed by atoms with Crippen molar-refractivity contribution in [1.29, 1.82) is 0 Å². The molecule has 0 spiro atoms. The number of hydrogen-bond donors (Lipinski definition) is 2. The average molecular weight is 386 g/mol. The van der Waals surface area contributed by atoms with E-state index in [1.807, 2.05) is 12.1 Å². The van der Waals surface area contributed by atoms with Gasteiger partial charge in [-0.25, -0.2) is 5.84 Å². The third-order valence-corrected chi connectivity index (χ3v) is 5.29. The molecular formula is C21H31N5O2. The highest BCUT2D eigenvalue weighted by molar-refractivity contribution is 5.86. The number of morpholine rings is 1. The van der Waals surface area contributed by atoms with Gasteiger partial charge in [-0.05, 0) is 36.8 Å². The molecule has 0 unspecified atom stereocenters. The normalized spacial score (nSPS) is 15.8. The van der Waals surface area contributed by atoms with Gasteiger partial charge in [-0.3, -0.25) is 9.69 Å². The third-order valence-electron chi connectivity index (χ3n) is 5.29. The Balaban J connectivity index is 1.61. The first-order valence-electron chi connectivity index (χ1n) is 9.77. The van der Waals surface area contributed by atoms with Gasteiger partial charge >= 0.3 is 0 Å². The van der Waals surface area contributed by atoms with E-state index in [0.29, 0.717) is 13.0 Å². The zero-order valence-electron chi connectivity index (χ0n) is 17.1. The summed E-state index contributed by atoms with van der Waals surface area (Å²) in [6, 6.07) is 8.42. The monoisotopic (exact) mass is 385 g/mol. The predicted molar refractivity (Wildman–Crippen MR) is 112 cm³/mol. The fourth-order valence-electron chi connectivity index (χ4n) is 3.55. The summed E-state index contributed by atoms with van der Waals surface area (Å²) in [4.78, 5) is 14.5. The molecule has 1 aromatic carbocycles. The van der Waals surface area contributed by atoms with E-state index in [-0.39, 0.29) is 5.91 Å². The van der Waals surface area contributed by atoms with Gasteiger partial charge in [0.05, 0.1) is 18.9 Å². The van der Waals surface area contributed by atoms with Crippen molar-refractivity contribution in [3.63, 3.8) is 0 Å². The molecule has 1 saturated heterocycles. The summed E-state index contributed by atoms with van der Waals surface area (Å²) >= 11 is 0. The number of rotatable bonds is 7. The molecule has 1 amide bonds. The van der Waals surface area contributed by atoms with Crippen LogP contribution < -0.4 is 11.2 Å². The Kier molecular flexibility index (Phi) is 6.72. The molecule has 3 rings (SSSR count). The van der Waals surface area contributed by atoms with Crippen molar-refractivity contribution in [1.82, 2.24) is 19.8 Å². The second kappa shape index (κ2) is 9.23. The largest absolute Gasteiger partial charge is 0.379 e. The van der Waals surface area contributed by atoms with Gasteiger partial charge in [0.2, 0.25) is 5.91 Å². The van der Waals surface area contributed by atoms with Crippen LogP contribution in [0.25, 0.3) is 16.6 Å². The summed E-state index contributed by atoms with van der Waals surface area (Å²) in [5.74, 6) is 6.05. The summed E-state index contributed by atoms with van der Waals surface area (Å²) in [7, 11) is 3.85. The van der Waals surface area contributed by atoms with Crippen LogP contribution in [0.2, 0.25) is 0 Å². The third kappa shape index (κ3) is 4.92. The second-order valence-electron chi connectivity index (χ2n) is 7.33. The average Bonchev–Trinajstić information content (AvgIpc) is 2.96. The van der Waals surface area contributed by atoms with Crippen LogP contribution in [-0.2, 0) is 16.6 Å². The first-order chi connectivity index (χ1) is 13.5. The van der Waals surface area contributed by atoms with Crippen molar-refractivity contribution in [2.24, 2.45) is 12.9 Å². The number of nitrogens with two attached hydrogens (primary N) is 1. The Hall–Kier alpha value is -2.35. The maximum atomic E-state index is 12.2.